The van der Waals surface area contributed by atoms with Gasteiger partial charge in [0.2, 0.25) is 0 Å². The number of likely N-dealkylation sites (tertiary alicyclic amines) is 1. The van der Waals surface area contributed by atoms with E-state index in [1.54, 1.807) is 19.1 Å². The van der Waals surface area contributed by atoms with Gasteiger partial charge in [-0.1, -0.05) is 18.2 Å². The maximum Gasteiger partial charge on any atom is 0.259 e. The Labute approximate surface area is 165 Å². The molecule has 0 aliphatic carbocycles. The lowest BCUT2D eigenvalue weighted by Crippen LogP contribution is -3.14. The number of furan rings is 1. The number of aromatic hydroxyl groups is 1. The van der Waals surface area contributed by atoms with Gasteiger partial charge in [0, 0.05) is 11.1 Å². The fourth-order valence-electron chi connectivity index (χ4n) is 4.28. The maximum atomic E-state index is 13.1. The SMILES string of the molecule is Cc1oc2ccc(O)c(C[NH+]3CCCC[C@@H]3C)c2c1C(=O)Nc1ccccc1. The number of piperidine rings is 1. The average Bonchev–Trinajstić information content (AvgIpc) is 3.03. The average molecular weight is 379 g/mol. The minimum absolute atomic E-state index is 0.212. The van der Waals surface area contributed by atoms with E-state index in [1.165, 1.54) is 24.2 Å². The van der Waals surface area contributed by atoms with E-state index >= 15 is 0 Å². The first-order valence-electron chi connectivity index (χ1n) is 9.99. The van der Waals surface area contributed by atoms with Crippen molar-refractivity contribution in [3.05, 3.63) is 59.4 Å². The number of phenols is 1. The molecule has 0 saturated carbocycles. The molecule has 0 spiro atoms. The monoisotopic (exact) mass is 379 g/mol. The summed E-state index contributed by atoms with van der Waals surface area (Å²) in [5, 5.41) is 14.3. The largest absolute Gasteiger partial charge is 0.507 e. The van der Waals surface area contributed by atoms with Crippen LogP contribution in [0.2, 0.25) is 0 Å². The molecule has 0 radical (unpaired) electrons. The highest BCUT2D eigenvalue weighted by molar-refractivity contribution is 6.14. The smallest absolute Gasteiger partial charge is 0.259 e. The first-order chi connectivity index (χ1) is 13.5. The van der Waals surface area contributed by atoms with Gasteiger partial charge in [0.25, 0.3) is 5.91 Å². The molecule has 0 bridgehead atoms. The number of amides is 1. The number of quaternary nitrogens is 1. The summed E-state index contributed by atoms with van der Waals surface area (Å²) < 4.78 is 5.89. The van der Waals surface area contributed by atoms with Crippen molar-refractivity contribution in [2.24, 2.45) is 0 Å². The predicted octanol–water partition coefficient (Wildman–Crippen LogP) is 3.66. The molecule has 3 aromatic rings. The number of carbonyl (C=O) groups is 1. The number of anilines is 1. The Kier molecular flexibility index (Phi) is 5.09. The summed E-state index contributed by atoms with van der Waals surface area (Å²) in [4.78, 5) is 14.5. The minimum atomic E-state index is -0.212. The Morgan fingerprint density at radius 3 is 2.75 bits per heavy atom. The van der Waals surface area contributed by atoms with Gasteiger partial charge in [-0.05, 0) is 57.4 Å². The van der Waals surface area contributed by atoms with Gasteiger partial charge in [-0.3, -0.25) is 4.79 Å². The summed E-state index contributed by atoms with van der Waals surface area (Å²) in [6.45, 7) is 5.83. The van der Waals surface area contributed by atoms with Gasteiger partial charge in [0.05, 0.1) is 23.7 Å². The molecule has 3 N–H and O–H groups in total. The first kappa shape index (κ1) is 18.6. The number of phenolic OH excluding ortho intramolecular Hbond substituents is 1. The summed E-state index contributed by atoms with van der Waals surface area (Å²) >= 11 is 0. The number of nitrogens with one attached hydrogen (secondary N) is 2. The van der Waals surface area contributed by atoms with Crippen LogP contribution in [0.15, 0.2) is 46.9 Å². The van der Waals surface area contributed by atoms with Crippen LogP contribution in [0.3, 0.4) is 0 Å². The number of aryl methyl sites for hydroxylation is 1. The van der Waals surface area contributed by atoms with Gasteiger partial charge >= 0.3 is 0 Å². The maximum absolute atomic E-state index is 13.1. The Hall–Kier alpha value is -2.79. The van der Waals surface area contributed by atoms with Gasteiger partial charge in [-0.2, -0.15) is 0 Å². The summed E-state index contributed by atoms with van der Waals surface area (Å²) in [5.74, 6) is 0.584. The predicted molar refractivity (Wildman–Crippen MR) is 110 cm³/mol. The molecule has 146 valence electrons. The molecule has 1 saturated heterocycles. The van der Waals surface area contributed by atoms with Gasteiger partial charge in [-0.15, -0.1) is 0 Å². The van der Waals surface area contributed by atoms with Crippen LogP contribution in [0.4, 0.5) is 5.69 Å². The Bertz CT molecular complexity index is 994. The highest BCUT2D eigenvalue weighted by atomic mass is 16.3. The van der Waals surface area contributed by atoms with Gasteiger partial charge in [0.1, 0.15) is 23.6 Å². The lowest BCUT2D eigenvalue weighted by molar-refractivity contribution is -0.941. The van der Waals surface area contributed by atoms with Crippen LogP contribution in [0.5, 0.6) is 5.75 Å². The topological polar surface area (TPSA) is 66.9 Å². The number of rotatable bonds is 4. The van der Waals surface area contributed by atoms with Crippen molar-refractivity contribution in [1.82, 2.24) is 0 Å². The van der Waals surface area contributed by atoms with Crippen LogP contribution in [-0.2, 0) is 6.54 Å². The molecule has 1 aromatic heterocycles. The number of hydrogen-bond acceptors (Lipinski definition) is 3. The third-order valence-electron chi connectivity index (χ3n) is 5.86. The highest BCUT2D eigenvalue weighted by Gasteiger charge is 2.28. The number of fused-ring (bicyclic) bond motifs is 1. The van der Waals surface area contributed by atoms with E-state index in [0.717, 1.165) is 23.2 Å². The minimum Gasteiger partial charge on any atom is -0.507 e. The fourth-order valence-corrected chi connectivity index (χ4v) is 4.28. The van der Waals surface area contributed by atoms with Crippen molar-refractivity contribution in [3.8, 4) is 5.75 Å². The number of para-hydroxylation sites is 1. The van der Waals surface area contributed by atoms with Crippen LogP contribution >= 0.6 is 0 Å². The van der Waals surface area contributed by atoms with Crippen LogP contribution in [0.25, 0.3) is 11.0 Å². The molecule has 5 heteroatoms. The quantitative estimate of drug-likeness (QED) is 0.648. The molecule has 5 nitrogen and oxygen atoms in total. The lowest BCUT2D eigenvalue weighted by atomic mass is 9.99. The number of benzene rings is 2. The molecule has 4 rings (SSSR count). The molecular weight excluding hydrogens is 352 g/mol. The van der Waals surface area contributed by atoms with Crippen molar-refractivity contribution in [3.63, 3.8) is 0 Å². The second-order valence-corrected chi connectivity index (χ2v) is 7.77. The van der Waals surface area contributed by atoms with E-state index in [4.69, 9.17) is 4.42 Å². The second-order valence-electron chi connectivity index (χ2n) is 7.77. The molecule has 1 aliphatic rings. The van der Waals surface area contributed by atoms with E-state index < -0.39 is 0 Å². The standard InChI is InChI=1S/C23H26N2O3/c1-15-8-6-7-13-25(15)14-18-19(26)11-12-20-22(18)21(16(2)28-20)23(27)24-17-9-4-3-5-10-17/h3-5,9-12,15,26H,6-8,13-14H2,1-2H3,(H,24,27)/p+1/t15-/m0/s1. The van der Waals surface area contributed by atoms with Crippen molar-refractivity contribution < 1.29 is 19.2 Å². The van der Waals surface area contributed by atoms with Crippen LogP contribution < -0.4 is 10.2 Å². The molecule has 1 aliphatic heterocycles. The molecule has 1 unspecified atom stereocenters. The van der Waals surface area contributed by atoms with Gasteiger partial charge < -0.3 is 19.7 Å². The zero-order valence-electron chi connectivity index (χ0n) is 16.4. The third kappa shape index (κ3) is 3.50. The normalized spacial score (nSPS) is 19.6. The van der Waals surface area contributed by atoms with E-state index in [1.807, 2.05) is 30.3 Å². The van der Waals surface area contributed by atoms with Crippen LogP contribution in [-0.4, -0.2) is 23.6 Å². The summed E-state index contributed by atoms with van der Waals surface area (Å²) in [6.07, 6.45) is 3.65. The second kappa shape index (κ2) is 7.68. The van der Waals surface area contributed by atoms with Gasteiger partial charge in [-0.25, -0.2) is 0 Å². The van der Waals surface area contributed by atoms with Crippen molar-refractivity contribution in [2.45, 2.75) is 45.7 Å². The zero-order chi connectivity index (χ0) is 19.7. The number of carbonyl (C=O) groups excluding carboxylic acids is 1. The summed E-state index contributed by atoms with van der Waals surface area (Å²) in [6, 6.07) is 13.3. The van der Waals surface area contributed by atoms with E-state index in [0.29, 0.717) is 29.5 Å². The Morgan fingerprint density at radius 2 is 2.00 bits per heavy atom. The first-order valence-corrected chi connectivity index (χ1v) is 9.99. The van der Waals surface area contributed by atoms with Crippen molar-refractivity contribution >= 4 is 22.6 Å². The fraction of sp³-hybridized carbons (Fsp3) is 0.348. The Balaban J connectivity index is 1.75. The Morgan fingerprint density at radius 1 is 1.21 bits per heavy atom. The molecule has 2 aromatic carbocycles. The summed E-state index contributed by atoms with van der Waals surface area (Å²) in [7, 11) is 0. The highest BCUT2D eigenvalue weighted by Crippen LogP contribution is 2.34. The molecular formula is C23H27N2O3+. The van der Waals surface area contributed by atoms with Crippen LogP contribution in [0, 0.1) is 6.92 Å². The molecule has 28 heavy (non-hydrogen) atoms. The van der Waals surface area contributed by atoms with Crippen molar-refractivity contribution in [1.29, 1.82) is 0 Å². The lowest BCUT2D eigenvalue weighted by Gasteiger charge is -2.30. The third-order valence-corrected chi connectivity index (χ3v) is 5.86. The van der Waals surface area contributed by atoms with E-state index in [2.05, 4.69) is 12.2 Å². The van der Waals surface area contributed by atoms with Crippen LogP contribution in [0.1, 0.15) is 47.9 Å². The summed E-state index contributed by atoms with van der Waals surface area (Å²) in [5.41, 5.74) is 2.69. The number of hydrogen-bond donors (Lipinski definition) is 3. The van der Waals surface area contributed by atoms with Crippen molar-refractivity contribution in [2.75, 3.05) is 11.9 Å². The molecule has 1 fully saturated rings. The molecule has 2 atom stereocenters. The molecule has 1 amide bonds. The molecule has 2 heterocycles. The zero-order valence-corrected chi connectivity index (χ0v) is 16.4. The van der Waals surface area contributed by atoms with E-state index in [9.17, 15) is 9.90 Å². The van der Waals surface area contributed by atoms with E-state index in [-0.39, 0.29) is 11.7 Å². The van der Waals surface area contributed by atoms with Gasteiger partial charge in [0.15, 0.2) is 0 Å².